The predicted molar refractivity (Wildman–Crippen MR) is 112 cm³/mol. The molecule has 152 valence electrons. The zero-order valence-corrected chi connectivity index (χ0v) is 16.4. The second kappa shape index (κ2) is 9.97. The summed E-state index contributed by atoms with van der Waals surface area (Å²) in [4.78, 5) is 42.6. The molecule has 3 rings (SSSR count). The van der Waals surface area contributed by atoms with Crippen LogP contribution in [0.4, 0.5) is 10.5 Å². The van der Waals surface area contributed by atoms with Gasteiger partial charge in [-0.15, -0.1) is 0 Å². The summed E-state index contributed by atoms with van der Waals surface area (Å²) in [5, 5.41) is 2.43. The molecule has 0 radical (unpaired) electrons. The number of ether oxygens (including phenoxy) is 1. The molecule has 0 saturated carbocycles. The molecule has 1 heterocycles. The van der Waals surface area contributed by atoms with E-state index in [1.807, 2.05) is 36.4 Å². The van der Waals surface area contributed by atoms with Gasteiger partial charge in [-0.1, -0.05) is 60.7 Å². The van der Waals surface area contributed by atoms with Crippen LogP contribution in [-0.2, 0) is 16.1 Å². The largest absolute Gasteiger partial charge is 0.445 e. The van der Waals surface area contributed by atoms with Crippen molar-refractivity contribution in [3.05, 3.63) is 95.8 Å². The smallest absolute Gasteiger partial charge is 0.407 e. The number of likely N-dealkylation sites (N-methyl/N-ethyl adjacent to an activating group) is 1. The fourth-order valence-electron chi connectivity index (χ4n) is 2.77. The molecule has 3 aromatic rings. The number of carbonyl (C=O) groups excluding carboxylic acids is 3. The maximum absolute atomic E-state index is 12.8. The van der Waals surface area contributed by atoms with Crippen LogP contribution in [0.2, 0.25) is 0 Å². The molecule has 7 heteroatoms. The normalized spacial score (nSPS) is 10.2. The molecule has 0 fully saturated rings. The summed E-state index contributed by atoms with van der Waals surface area (Å²) in [6.07, 6.45) is 2.24. The first kappa shape index (κ1) is 20.7. The van der Waals surface area contributed by atoms with Gasteiger partial charge in [0.1, 0.15) is 13.2 Å². The van der Waals surface area contributed by atoms with E-state index in [4.69, 9.17) is 4.74 Å². The Hall–Kier alpha value is -4.00. The van der Waals surface area contributed by atoms with E-state index in [0.29, 0.717) is 16.8 Å². The Morgan fingerprint density at radius 3 is 2.33 bits per heavy atom. The van der Waals surface area contributed by atoms with Gasteiger partial charge in [0.2, 0.25) is 5.91 Å². The molecule has 30 heavy (non-hydrogen) atoms. The SMILES string of the molecule is CN(C(=O)CNC(=O)OCc1ccccc1)c1cnccc1C(=O)c1ccccc1. The fraction of sp³-hybridized carbons (Fsp3) is 0.130. The van der Waals surface area contributed by atoms with Gasteiger partial charge in [0.25, 0.3) is 0 Å². The van der Waals surface area contributed by atoms with Gasteiger partial charge in [-0.05, 0) is 11.6 Å². The second-order valence-corrected chi connectivity index (χ2v) is 6.46. The van der Waals surface area contributed by atoms with Gasteiger partial charge in [0.15, 0.2) is 5.78 Å². The molecular weight excluding hydrogens is 382 g/mol. The van der Waals surface area contributed by atoms with E-state index in [-0.39, 0.29) is 18.9 Å². The molecular formula is C23H21N3O4. The van der Waals surface area contributed by atoms with Crippen molar-refractivity contribution in [2.24, 2.45) is 0 Å². The summed E-state index contributed by atoms with van der Waals surface area (Å²) in [5.41, 5.74) is 2.05. The van der Waals surface area contributed by atoms with Crippen molar-refractivity contribution >= 4 is 23.5 Å². The lowest BCUT2D eigenvalue weighted by atomic mass is 10.0. The molecule has 2 amide bonds. The number of aromatic nitrogens is 1. The molecule has 0 aliphatic carbocycles. The molecule has 7 nitrogen and oxygen atoms in total. The maximum Gasteiger partial charge on any atom is 0.407 e. The van der Waals surface area contributed by atoms with E-state index in [2.05, 4.69) is 10.3 Å². The number of alkyl carbamates (subject to hydrolysis) is 1. The minimum absolute atomic E-state index is 0.106. The van der Waals surface area contributed by atoms with Crippen LogP contribution in [0.5, 0.6) is 0 Å². The first-order chi connectivity index (χ1) is 14.6. The standard InChI is InChI=1S/C23H21N3O4/c1-26(21(27)15-25-23(29)30-16-17-8-4-2-5-9-17)20-14-24-13-12-19(20)22(28)18-10-6-3-7-11-18/h2-14H,15-16H2,1H3,(H,25,29). The summed E-state index contributed by atoms with van der Waals surface area (Å²) in [6, 6.07) is 19.6. The summed E-state index contributed by atoms with van der Waals surface area (Å²) < 4.78 is 5.10. The minimum atomic E-state index is -0.702. The highest BCUT2D eigenvalue weighted by atomic mass is 16.5. The van der Waals surface area contributed by atoms with Crippen LogP contribution in [-0.4, -0.2) is 36.4 Å². The van der Waals surface area contributed by atoms with Gasteiger partial charge in [-0.3, -0.25) is 14.6 Å². The Kier molecular flexibility index (Phi) is 6.89. The molecule has 2 aromatic carbocycles. The highest BCUT2D eigenvalue weighted by molar-refractivity contribution is 6.14. The van der Waals surface area contributed by atoms with E-state index in [1.54, 1.807) is 30.3 Å². The van der Waals surface area contributed by atoms with Gasteiger partial charge in [0.05, 0.1) is 11.9 Å². The summed E-state index contributed by atoms with van der Waals surface area (Å²) in [7, 11) is 1.53. The minimum Gasteiger partial charge on any atom is -0.445 e. The molecule has 0 saturated heterocycles. The lowest BCUT2D eigenvalue weighted by Gasteiger charge is -2.20. The van der Waals surface area contributed by atoms with Crippen LogP contribution in [0, 0.1) is 0 Å². The zero-order chi connectivity index (χ0) is 21.3. The van der Waals surface area contributed by atoms with Crippen LogP contribution in [0.25, 0.3) is 0 Å². The maximum atomic E-state index is 12.8. The monoisotopic (exact) mass is 403 g/mol. The Morgan fingerprint density at radius 2 is 1.63 bits per heavy atom. The highest BCUT2D eigenvalue weighted by Crippen LogP contribution is 2.21. The number of carbonyl (C=O) groups is 3. The number of amides is 2. The average Bonchev–Trinajstić information content (AvgIpc) is 2.81. The number of hydrogen-bond acceptors (Lipinski definition) is 5. The van der Waals surface area contributed by atoms with Gasteiger partial charge < -0.3 is 15.0 Å². The van der Waals surface area contributed by atoms with Gasteiger partial charge in [-0.2, -0.15) is 0 Å². The third-order valence-electron chi connectivity index (χ3n) is 4.41. The number of nitrogens with one attached hydrogen (secondary N) is 1. The molecule has 0 unspecified atom stereocenters. The van der Waals surface area contributed by atoms with Crippen molar-refractivity contribution in [3.8, 4) is 0 Å². The van der Waals surface area contributed by atoms with Crippen molar-refractivity contribution in [3.63, 3.8) is 0 Å². The fourth-order valence-corrected chi connectivity index (χ4v) is 2.77. The number of nitrogens with zero attached hydrogens (tertiary/aromatic N) is 2. The third-order valence-corrected chi connectivity index (χ3v) is 4.41. The van der Waals surface area contributed by atoms with Crippen molar-refractivity contribution in [1.82, 2.24) is 10.3 Å². The first-order valence-electron chi connectivity index (χ1n) is 9.31. The summed E-state index contributed by atoms with van der Waals surface area (Å²) in [5.74, 6) is -0.635. The van der Waals surface area contributed by atoms with E-state index in [1.165, 1.54) is 24.3 Å². The molecule has 0 aliphatic rings. The van der Waals surface area contributed by atoms with Crippen LogP contribution >= 0.6 is 0 Å². The Morgan fingerprint density at radius 1 is 0.967 bits per heavy atom. The van der Waals surface area contributed by atoms with E-state index in [0.717, 1.165) is 5.56 Å². The van der Waals surface area contributed by atoms with Crippen LogP contribution in [0.15, 0.2) is 79.1 Å². The number of benzene rings is 2. The quantitative estimate of drug-likeness (QED) is 0.612. The first-order valence-corrected chi connectivity index (χ1v) is 9.31. The summed E-state index contributed by atoms with van der Waals surface area (Å²) >= 11 is 0. The Balaban J connectivity index is 1.61. The van der Waals surface area contributed by atoms with E-state index < -0.39 is 12.0 Å². The molecule has 1 N–H and O–H groups in total. The number of rotatable bonds is 7. The number of hydrogen-bond donors (Lipinski definition) is 1. The molecule has 0 aliphatic heterocycles. The van der Waals surface area contributed by atoms with Crippen LogP contribution < -0.4 is 10.2 Å². The van der Waals surface area contributed by atoms with Crippen molar-refractivity contribution in [2.45, 2.75) is 6.61 Å². The van der Waals surface area contributed by atoms with Crippen LogP contribution in [0.3, 0.4) is 0 Å². The number of anilines is 1. The second-order valence-electron chi connectivity index (χ2n) is 6.46. The Labute approximate surface area is 174 Å². The van der Waals surface area contributed by atoms with Crippen molar-refractivity contribution in [1.29, 1.82) is 0 Å². The molecule has 0 atom stereocenters. The number of pyridine rings is 1. The summed E-state index contributed by atoms with van der Waals surface area (Å²) in [6.45, 7) is -0.174. The predicted octanol–water partition coefficient (Wildman–Crippen LogP) is 3.20. The highest BCUT2D eigenvalue weighted by Gasteiger charge is 2.20. The molecule has 1 aromatic heterocycles. The van der Waals surface area contributed by atoms with E-state index >= 15 is 0 Å². The Bertz CT molecular complexity index is 1020. The van der Waals surface area contributed by atoms with Crippen molar-refractivity contribution in [2.75, 3.05) is 18.5 Å². The van der Waals surface area contributed by atoms with Crippen LogP contribution in [0.1, 0.15) is 21.5 Å². The lowest BCUT2D eigenvalue weighted by molar-refractivity contribution is -0.117. The lowest BCUT2D eigenvalue weighted by Crippen LogP contribution is -2.39. The number of ketones is 1. The van der Waals surface area contributed by atoms with Crippen molar-refractivity contribution < 1.29 is 19.1 Å². The topological polar surface area (TPSA) is 88.6 Å². The zero-order valence-electron chi connectivity index (χ0n) is 16.4. The van der Waals surface area contributed by atoms with Gasteiger partial charge >= 0.3 is 6.09 Å². The molecule has 0 bridgehead atoms. The average molecular weight is 403 g/mol. The molecule has 0 spiro atoms. The van der Waals surface area contributed by atoms with E-state index in [9.17, 15) is 14.4 Å². The van der Waals surface area contributed by atoms with Gasteiger partial charge in [0, 0.05) is 24.4 Å². The third kappa shape index (κ3) is 5.29. The van der Waals surface area contributed by atoms with Gasteiger partial charge in [-0.25, -0.2) is 4.79 Å².